The summed E-state index contributed by atoms with van der Waals surface area (Å²) in [6, 6.07) is 7.41. The van der Waals surface area contributed by atoms with Crippen LogP contribution in [0, 0.1) is 18.3 Å². The predicted octanol–water partition coefficient (Wildman–Crippen LogP) is 1.45. The van der Waals surface area contributed by atoms with Crippen LogP contribution in [0.5, 0.6) is 0 Å². The zero-order valence-electron chi connectivity index (χ0n) is 7.68. The van der Waals surface area contributed by atoms with E-state index in [-0.39, 0.29) is 0 Å². The van der Waals surface area contributed by atoms with E-state index in [0.717, 1.165) is 11.4 Å². The SMILES string of the molecule is Cc1ccn(-c2ccnc(C#N)c2)n1. The van der Waals surface area contributed by atoms with Crippen molar-refractivity contribution in [1.29, 1.82) is 5.26 Å². The second-order valence-electron chi connectivity index (χ2n) is 2.91. The monoisotopic (exact) mass is 184 g/mol. The number of rotatable bonds is 1. The summed E-state index contributed by atoms with van der Waals surface area (Å²) in [7, 11) is 0. The maximum absolute atomic E-state index is 8.67. The second kappa shape index (κ2) is 3.30. The normalized spacial score (nSPS) is 9.71. The van der Waals surface area contributed by atoms with Gasteiger partial charge in [0.15, 0.2) is 0 Å². The van der Waals surface area contributed by atoms with Crippen LogP contribution in [0.4, 0.5) is 0 Å². The highest BCUT2D eigenvalue weighted by atomic mass is 15.3. The molecule has 0 radical (unpaired) electrons. The van der Waals surface area contributed by atoms with Crippen LogP contribution >= 0.6 is 0 Å². The van der Waals surface area contributed by atoms with Crippen LogP contribution in [-0.2, 0) is 0 Å². The van der Waals surface area contributed by atoms with Gasteiger partial charge < -0.3 is 0 Å². The first-order valence-electron chi connectivity index (χ1n) is 4.18. The van der Waals surface area contributed by atoms with Gasteiger partial charge in [-0.05, 0) is 19.1 Å². The molecular formula is C10H8N4. The lowest BCUT2D eigenvalue weighted by Crippen LogP contribution is -1.96. The highest BCUT2D eigenvalue weighted by Crippen LogP contribution is 2.07. The summed E-state index contributed by atoms with van der Waals surface area (Å²) in [5.41, 5.74) is 2.20. The minimum Gasteiger partial charge on any atom is -0.245 e. The van der Waals surface area contributed by atoms with Gasteiger partial charge in [0.2, 0.25) is 0 Å². The van der Waals surface area contributed by atoms with Crippen LogP contribution in [0.25, 0.3) is 5.69 Å². The average Bonchev–Trinajstić information content (AvgIpc) is 2.65. The van der Waals surface area contributed by atoms with Gasteiger partial charge in [0.05, 0.1) is 11.4 Å². The Bertz CT molecular complexity index is 493. The molecule has 0 saturated carbocycles. The molecule has 4 nitrogen and oxygen atoms in total. The molecule has 0 fully saturated rings. The van der Waals surface area contributed by atoms with Crippen LogP contribution in [0.3, 0.4) is 0 Å². The van der Waals surface area contributed by atoms with Crippen molar-refractivity contribution in [3.63, 3.8) is 0 Å². The molecule has 2 heterocycles. The molecule has 0 aliphatic carbocycles. The fourth-order valence-electron chi connectivity index (χ4n) is 1.18. The molecule has 0 aromatic carbocycles. The molecule has 4 heteroatoms. The molecule has 0 aliphatic rings. The molecule has 2 rings (SSSR count). The van der Waals surface area contributed by atoms with Crippen molar-refractivity contribution in [2.24, 2.45) is 0 Å². The molecule has 0 amide bonds. The molecular weight excluding hydrogens is 176 g/mol. The summed E-state index contributed by atoms with van der Waals surface area (Å²) in [5, 5.41) is 12.9. The summed E-state index contributed by atoms with van der Waals surface area (Å²) in [4.78, 5) is 3.89. The Morgan fingerprint density at radius 2 is 2.29 bits per heavy atom. The minimum atomic E-state index is 0.399. The Hall–Kier alpha value is -2.15. The molecule has 14 heavy (non-hydrogen) atoms. The summed E-state index contributed by atoms with van der Waals surface area (Å²) >= 11 is 0. The lowest BCUT2D eigenvalue weighted by atomic mass is 10.3. The molecule has 0 saturated heterocycles. The lowest BCUT2D eigenvalue weighted by molar-refractivity contribution is 0.859. The summed E-state index contributed by atoms with van der Waals surface area (Å²) in [6.07, 6.45) is 3.46. The number of nitriles is 1. The Labute approximate surface area is 81.4 Å². The fourth-order valence-corrected chi connectivity index (χ4v) is 1.18. The van der Waals surface area contributed by atoms with E-state index in [2.05, 4.69) is 10.1 Å². The van der Waals surface area contributed by atoms with Crippen molar-refractivity contribution in [2.45, 2.75) is 6.92 Å². The van der Waals surface area contributed by atoms with Gasteiger partial charge in [0.1, 0.15) is 11.8 Å². The van der Waals surface area contributed by atoms with E-state index in [9.17, 15) is 0 Å². The molecule has 2 aromatic heterocycles. The molecule has 2 aromatic rings. The zero-order valence-corrected chi connectivity index (χ0v) is 7.68. The van der Waals surface area contributed by atoms with Crippen LogP contribution < -0.4 is 0 Å². The summed E-state index contributed by atoms with van der Waals surface area (Å²) in [5.74, 6) is 0. The smallest absolute Gasteiger partial charge is 0.142 e. The highest BCUT2D eigenvalue weighted by Gasteiger charge is 1.99. The first kappa shape index (κ1) is 8.45. The quantitative estimate of drug-likeness (QED) is 0.674. The first-order valence-corrected chi connectivity index (χ1v) is 4.18. The van der Waals surface area contributed by atoms with Gasteiger partial charge >= 0.3 is 0 Å². The number of hydrogen-bond acceptors (Lipinski definition) is 3. The molecule has 0 atom stereocenters. The minimum absolute atomic E-state index is 0.399. The van der Waals surface area contributed by atoms with E-state index in [0.29, 0.717) is 5.69 Å². The lowest BCUT2D eigenvalue weighted by Gasteiger charge is -1.99. The number of nitrogens with zero attached hydrogens (tertiary/aromatic N) is 4. The second-order valence-corrected chi connectivity index (χ2v) is 2.91. The molecule has 68 valence electrons. The highest BCUT2D eigenvalue weighted by molar-refractivity contribution is 5.35. The van der Waals surface area contributed by atoms with Crippen molar-refractivity contribution in [3.05, 3.63) is 42.0 Å². The van der Waals surface area contributed by atoms with Crippen LogP contribution in [0.15, 0.2) is 30.6 Å². The maximum Gasteiger partial charge on any atom is 0.142 e. The molecule has 0 aliphatic heterocycles. The van der Waals surface area contributed by atoms with Gasteiger partial charge in [-0.15, -0.1) is 0 Å². The average molecular weight is 184 g/mol. The summed E-state index contributed by atoms with van der Waals surface area (Å²) < 4.78 is 1.72. The number of aromatic nitrogens is 3. The zero-order chi connectivity index (χ0) is 9.97. The third kappa shape index (κ3) is 1.48. The standard InChI is InChI=1S/C10H8N4/c1-8-3-5-14(13-8)10-2-4-12-9(6-10)7-11/h2-6H,1H3. The van der Waals surface area contributed by atoms with Crippen LogP contribution in [0.2, 0.25) is 0 Å². The van der Waals surface area contributed by atoms with Crippen LogP contribution in [0.1, 0.15) is 11.4 Å². The first-order chi connectivity index (χ1) is 6.79. The third-order valence-corrected chi connectivity index (χ3v) is 1.85. The van der Waals surface area contributed by atoms with Gasteiger partial charge in [-0.3, -0.25) is 0 Å². The van der Waals surface area contributed by atoms with E-state index in [4.69, 9.17) is 5.26 Å². The van der Waals surface area contributed by atoms with E-state index in [1.807, 2.05) is 31.3 Å². The molecule has 0 spiro atoms. The Kier molecular flexibility index (Phi) is 1.99. The maximum atomic E-state index is 8.67. The van der Waals surface area contributed by atoms with Crippen molar-refractivity contribution >= 4 is 0 Å². The molecule has 0 N–H and O–H groups in total. The number of hydrogen-bond donors (Lipinski definition) is 0. The number of aryl methyl sites for hydroxylation is 1. The van der Waals surface area contributed by atoms with Gasteiger partial charge in [0, 0.05) is 18.5 Å². The number of pyridine rings is 1. The van der Waals surface area contributed by atoms with Gasteiger partial charge in [-0.2, -0.15) is 10.4 Å². The predicted molar refractivity (Wildman–Crippen MR) is 50.8 cm³/mol. The van der Waals surface area contributed by atoms with E-state index >= 15 is 0 Å². The molecule has 0 bridgehead atoms. The third-order valence-electron chi connectivity index (χ3n) is 1.85. The van der Waals surface area contributed by atoms with Crippen molar-refractivity contribution in [3.8, 4) is 11.8 Å². The van der Waals surface area contributed by atoms with Gasteiger partial charge in [0.25, 0.3) is 0 Å². The topological polar surface area (TPSA) is 54.5 Å². The Morgan fingerprint density at radius 3 is 2.93 bits per heavy atom. The fraction of sp³-hybridized carbons (Fsp3) is 0.100. The van der Waals surface area contributed by atoms with Crippen LogP contribution in [-0.4, -0.2) is 14.8 Å². The van der Waals surface area contributed by atoms with Crippen molar-refractivity contribution in [1.82, 2.24) is 14.8 Å². The largest absolute Gasteiger partial charge is 0.245 e. The van der Waals surface area contributed by atoms with Crippen molar-refractivity contribution in [2.75, 3.05) is 0 Å². The van der Waals surface area contributed by atoms with Gasteiger partial charge in [-0.1, -0.05) is 0 Å². The Morgan fingerprint density at radius 1 is 1.43 bits per heavy atom. The summed E-state index contributed by atoms with van der Waals surface area (Å²) in [6.45, 7) is 1.92. The van der Waals surface area contributed by atoms with E-state index < -0.39 is 0 Å². The Balaban J connectivity index is 2.47. The van der Waals surface area contributed by atoms with Crippen molar-refractivity contribution < 1.29 is 0 Å². The van der Waals surface area contributed by atoms with E-state index in [1.165, 1.54) is 0 Å². The van der Waals surface area contributed by atoms with Gasteiger partial charge in [-0.25, -0.2) is 9.67 Å². The molecule has 0 unspecified atom stereocenters. The van der Waals surface area contributed by atoms with E-state index in [1.54, 1.807) is 16.9 Å².